The van der Waals surface area contributed by atoms with E-state index in [1.807, 2.05) is 0 Å². The van der Waals surface area contributed by atoms with Gasteiger partial charge in [0.25, 0.3) is 0 Å². The van der Waals surface area contributed by atoms with Crippen molar-refractivity contribution in [3.63, 3.8) is 0 Å². The zero-order chi connectivity index (χ0) is 8.97. The van der Waals surface area contributed by atoms with E-state index in [0.29, 0.717) is 0 Å². The zero-order valence-corrected chi connectivity index (χ0v) is 8.84. The zero-order valence-electron chi connectivity index (χ0n) is 8.84. The van der Waals surface area contributed by atoms with Gasteiger partial charge in [-0.05, 0) is 44.7 Å². The van der Waals surface area contributed by atoms with Gasteiger partial charge in [0.15, 0.2) is 0 Å². The topological polar surface area (TPSA) is 3.24 Å². The predicted molar refractivity (Wildman–Crippen MR) is 54.3 cm³/mol. The summed E-state index contributed by atoms with van der Waals surface area (Å²) in [5.41, 5.74) is 0. The SMILES string of the molecule is CCC(C)CC1CCCN(C)C1. The Hall–Kier alpha value is -0.0400. The second-order valence-corrected chi connectivity index (χ2v) is 4.52. The van der Waals surface area contributed by atoms with Crippen molar-refractivity contribution in [3.05, 3.63) is 0 Å². The standard InChI is InChI=1S/C11H23N/c1-4-10(2)8-11-6-5-7-12(3)9-11/h10-11H,4-9H2,1-3H3. The molecule has 0 bridgehead atoms. The van der Waals surface area contributed by atoms with Crippen LogP contribution in [0.1, 0.15) is 39.5 Å². The highest BCUT2D eigenvalue weighted by Gasteiger charge is 2.18. The van der Waals surface area contributed by atoms with Gasteiger partial charge in [0.2, 0.25) is 0 Å². The number of hydrogen-bond acceptors (Lipinski definition) is 1. The Morgan fingerprint density at radius 1 is 1.50 bits per heavy atom. The van der Waals surface area contributed by atoms with E-state index in [9.17, 15) is 0 Å². The molecule has 0 aromatic carbocycles. The Labute approximate surface area is 77.1 Å². The largest absolute Gasteiger partial charge is 0.306 e. The van der Waals surface area contributed by atoms with Crippen LogP contribution in [0.15, 0.2) is 0 Å². The monoisotopic (exact) mass is 169 g/mol. The first-order valence-corrected chi connectivity index (χ1v) is 5.41. The highest BCUT2D eigenvalue weighted by Crippen LogP contribution is 2.23. The average molecular weight is 169 g/mol. The fourth-order valence-corrected chi connectivity index (χ4v) is 2.20. The molecule has 0 aromatic rings. The molecule has 1 fully saturated rings. The molecule has 0 saturated carbocycles. The third kappa shape index (κ3) is 3.14. The molecule has 1 saturated heterocycles. The normalized spacial score (nSPS) is 28.8. The number of rotatable bonds is 3. The van der Waals surface area contributed by atoms with Crippen molar-refractivity contribution in [2.75, 3.05) is 20.1 Å². The van der Waals surface area contributed by atoms with Crippen LogP contribution >= 0.6 is 0 Å². The molecule has 1 aliphatic rings. The molecule has 0 amide bonds. The van der Waals surface area contributed by atoms with Crippen LogP contribution in [0.5, 0.6) is 0 Å². The first-order chi connectivity index (χ1) is 5.72. The van der Waals surface area contributed by atoms with Crippen LogP contribution in [0, 0.1) is 11.8 Å². The van der Waals surface area contributed by atoms with E-state index in [2.05, 4.69) is 25.8 Å². The summed E-state index contributed by atoms with van der Waals surface area (Å²) < 4.78 is 0. The molecule has 0 N–H and O–H groups in total. The highest BCUT2D eigenvalue weighted by molar-refractivity contribution is 4.72. The summed E-state index contributed by atoms with van der Waals surface area (Å²) in [6, 6.07) is 0. The van der Waals surface area contributed by atoms with Crippen molar-refractivity contribution < 1.29 is 0 Å². The Kier molecular flexibility index (Phi) is 4.07. The van der Waals surface area contributed by atoms with Gasteiger partial charge in [-0.25, -0.2) is 0 Å². The molecule has 2 atom stereocenters. The van der Waals surface area contributed by atoms with E-state index in [-0.39, 0.29) is 0 Å². The van der Waals surface area contributed by atoms with Crippen molar-refractivity contribution in [1.82, 2.24) is 4.90 Å². The summed E-state index contributed by atoms with van der Waals surface area (Å²) in [5, 5.41) is 0. The summed E-state index contributed by atoms with van der Waals surface area (Å²) in [6.07, 6.45) is 5.67. The predicted octanol–water partition coefficient (Wildman–Crippen LogP) is 2.76. The lowest BCUT2D eigenvalue weighted by molar-refractivity contribution is 0.186. The third-order valence-corrected chi connectivity index (χ3v) is 3.15. The van der Waals surface area contributed by atoms with E-state index < -0.39 is 0 Å². The van der Waals surface area contributed by atoms with Gasteiger partial charge < -0.3 is 4.90 Å². The summed E-state index contributed by atoms with van der Waals surface area (Å²) in [5.74, 6) is 1.92. The second kappa shape index (κ2) is 4.86. The molecular formula is C11H23N. The van der Waals surface area contributed by atoms with E-state index >= 15 is 0 Å². The molecule has 1 nitrogen and oxygen atoms in total. The van der Waals surface area contributed by atoms with Crippen LogP contribution in [0.25, 0.3) is 0 Å². The van der Waals surface area contributed by atoms with Gasteiger partial charge >= 0.3 is 0 Å². The van der Waals surface area contributed by atoms with Crippen LogP contribution in [0.4, 0.5) is 0 Å². The van der Waals surface area contributed by atoms with Crippen molar-refractivity contribution in [3.8, 4) is 0 Å². The Morgan fingerprint density at radius 2 is 2.25 bits per heavy atom. The summed E-state index contributed by atoms with van der Waals surface area (Å²) >= 11 is 0. The van der Waals surface area contributed by atoms with Gasteiger partial charge in [0, 0.05) is 6.54 Å². The molecule has 0 aliphatic carbocycles. The summed E-state index contributed by atoms with van der Waals surface area (Å²) in [7, 11) is 2.25. The molecule has 0 spiro atoms. The fourth-order valence-electron chi connectivity index (χ4n) is 2.20. The van der Waals surface area contributed by atoms with Crippen LogP contribution in [0.2, 0.25) is 0 Å². The molecule has 0 aromatic heterocycles. The molecule has 12 heavy (non-hydrogen) atoms. The first kappa shape index (κ1) is 10.0. The van der Waals surface area contributed by atoms with Gasteiger partial charge in [-0.15, -0.1) is 0 Å². The van der Waals surface area contributed by atoms with Crippen LogP contribution in [-0.4, -0.2) is 25.0 Å². The van der Waals surface area contributed by atoms with Gasteiger partial charge in [0.1, 0.15) is 0 Å². The van der Waals surface area contributed by atoms with E-state index in [4.69, 9.17) is 0 Å². The Morgan fingerprint density at radius 3 is 2.83 bits per heavy atom. The second-order valence-electron chi connectivity index (χ2n) is 4.52. The van der Waals surface area contributed by atoms with Crippen molar-refractivity contribution in [2.45, 2.75) is 39.5 Å². The molecule has 1 aliphatic heterocycles. The fraction of sp³-hybridized carbons (Fsp3) is 1.00. The number of piperidine rings is 1. The van der Waals surface area contributed by atoms with E-state index in [1.165, 1.54) is 38.8 Å². The Balaban J connectivity index is 2.22. The summed E-state index contributed by atoms with van der Waals surface area (Å²) in [4.78, 5) is 2.48. The number of likely N-dealkylation sites (tertiary alicyclic amines) is 1. The van der Waals surface area contributed by atoms with Gasteiger partial charge in [0.05, 0.1) is 0 Å². The minimum atomic E-state index is 0.932. The molecule has 2 unspecified atom stereocenters. The smallest absolute Gasteiger partial charge is 0.000671 e. The molecule has 1 heterocycles. The maximum absolute atomic E-state index is 2.48. The quantitative estimate of drug-likeness (QED) is 0.628. The Bertz CT molecular complexity index is 122. The number of hydrogen-bond donors (Lipinski definition) is 0. The van der Waals surface area contributed by atoms with Crippen LogP contribution < -0.4 is 0 Å². The van der Waals surface area contributed by atoms with Crippen molar-refractivity contribution >= 4 is 0 Å². The lowest BCUT2D eigenvalue weighted by Gasteiger charge is -2.31. The van der Waals surface area contributed by atoms with Gasteiger partial charge in [-0.2, -0.15) is 0 Å². The molecule has 72 valence electrons. The minimum absolute atomic E-state index is 0.932. The van der Waals surface area contributed by atoms with Gasteiger partial charge in [-0.1, -0.05) is 20.3 Å². The molecule has 0 radical (unpaired) electrons. The molecule has 1 rings (SSSR count). The summed E-state index contributed by atoms with van der Waals surface area (Å²) in [6.45, 7) is 7.34. The lowest BCUT2D eigenvalue weighted by Crippen LogP contribution is -2.32. The highest BCUT2D eigenvalue weighted by atomic mass is 15.1. The number of nitrogens with zero attached hydrogens (tertiary/aromatic N) is 1. The third-order valence-electron chi connectivity index (χ3n) is 3.15. The average Bonchev–Trinajstić information content (AvgIpc) is 2.04. The minimum Gasteiger partial charge on any atom is -0.306 e. The first-order valence-electron chi connectivity index (χ1n) is 5.41. The maximum atomic E-state index is 2.48. The van der Waals surface area contributed by atoms with Crippen LogP contribution in [-0.2, 0) is 0 Å². The van der Waals surface area contributed by atoms with Crippen molar-refractivity contribution in [2.24, 2.45) is 11.8 Å². The van der Waals surface area contributed by atoms with Crippen LogP contribution in [0.3, 0.4) is 0 Å². The van der Waals surface area contributed by atoms with Crippen molar-refractivity contribution in [1.29, 1.82) is 0 Å². The van der Waals surface area contributed by atoms with Gasteiger partial charge in [-0.3, -0.25) is 0 Å². The maximum Gasteiger partial charge on any atom is 0.000671 e. The lowest BCUT2D eigenvalue weighted by atomic mass is 9.88. The molecule has 1 heteroatoms. The molecular weight excluding hydrogens is 146 g/mol. The van der Waals surface area contributed by atoms with E-state index in [0.717, 1.165) is 11.8 Å². The van der Waals surface area contributed by atoms with E-state index in [1.54, 1.807) is 0 Å².